The van der Waals surface area contributed by atoms with E-state index in [9.17, 15) is 0 Å². The van der Waals surface area contributed by atoms with E-state index in [0.717, 1.165) is 0 Å². The smallest absolute Gasteiger partial charge is 0 e. The molecular weight excluding hydrogens is 708 g/mol. The summed E-state index contributed by atoms with van der Waals surface area (Å²) in [7, 11) is 0. The Balaban J connectivity index is -0.0000000270. The molecule has 0 saturated heterocycles. The third-order valence-electron chi connectivity index (χ3n) is 0. The molecule has 2 radical (unpaired) electrons. The first-order chi connectivity index (χ1) is 5.20. The number of hydrogen-bond donors (Lipinski definition) is 0. The molecular formula is O9Pm2Zr3-6. The van der Waals surface area contributed by atoms with Crippen molar-refractivity contribution in [3.8, 4) is 0 Å². The summed E-state index contributed by atoms with van der Waals surface area (Å²) >= 11 is -12.9. The first-order valence-electron chi connectivity index (χ1n) is 1.84. The fraction of sp³-hybridized carbons (Fsp3) is 0. The molecule has 0 N–H and O–H groups in total. The molecule has 0 aromatic carbocycles. The summed E-state index contributed by atoms with van der Waals surface area (Å²) in [6.45, 7) is 0. The topological polar surface area (TPSA) is 190 Å². The van der Waals surface area contributed by atoms with Crippen LogP contribution in [0.5, 0.6) is 0 Å². The van der Waals surface area contributed by atoms with Crippen LogP contribution in [0.2, 0.25) is 0 Å². The molecule has 82 valence electrons. The minimum absolute atomic E-state index is 0. The van der Waals surface area contributed by atoms with Crippen molar-refractivity contribution in [1.82, 2.24) is 0 Å². The molecule has 0 aromatic heterocycles. The maximum absolute atomic E-state index is 8.61. The van der Waals surface area contributed by atoms with Crippen LogP contribution in [-0.2, 0) is 76.3 Å². The van der Waals surface area contributed by atoms with Crippen LogP contribution < -0.4 is 19.1 Å². The zero-order valence-electron chi connectivity index (χ0n) is 6.07. The quantitative estimate of drug-likeness (QED) is 0.236. The van der Waals surface area contributed by atoms with Gasteiger partial charge in [-0.05, 0) is 0 Å². The van der Waals surface area contributed by atoms with Gasteiger partial charge in [-0.2, -0.15) is 0 Å². The number of hydrogen-bond acceptors (Lipinski definition) is 9. The molecule has 0 amide bonds. The van der Waals surface area contributed by atoms with Gasteiger partial charge >= 0.3 is 95.4 Å². The van der Waals surface area contributed by atoms with Crippen LogP contribution in [0.4, 0.5) is 0 Å². The second-order valence-electron chi connectivity index (χ2n) is 0.750. The Hall–Kier alpha value is 4.48. The van der Waals surface area contributed by atoms with Crippen LogP contribution in [0.25, 0.3) is 0 Å². The van der Waals surface area contributed by atoms with Gasteiger partial charge in [0.05, 0.1) is 0 Å². The average Bonchev–Trinajstić information content (AvgIpc) is 1.54. The molecule has 0 unspecified atom stereocenters. The molecule has 14 heteroatoms. The zero-order valence-corrected chi connectivity index (χ0v) is 19.2. The van der Waals surface area contributed by atoms with Gasteiger partial charge in [-0.15, -0.1) is 0 Å². The normalized spacial score (nSPS) is 5.57. The van der Waals surface area contributed by atoms with Crippen LogP contribution in [0, 0.1) is 80.8 Å². The maximum Gasteiger partial charge on any atom is 0 e. The molecule has 0 spiro atoms. The van der Waals surface area contributed by atoms with E-state index in [2.05, 4.69) is 0 Å². The second-order valence-corrected chi connectivity index (χ2v) is 4.44. The van der Waals surface area contributed by atoms with E-state index in [4.69, 9.17) is 27.5 Å². The van der Waals surface area contributed by atoms with E-state index in [1.165, 1.54) is 0 Å². The van der Waals surface area contributed by atoms with Crippen molar-refractivity contribution >= 4 is 0 Å². The molecule has 0 aromatic rings. The minimum atomic E-state index is -4.29. The van der Waals surface area contributed by atoms with Crippen LogP contribution in [0.3, 0.4) is 0 Å². The molecule has 0 rings (SSSR count). The van der Waals surface area contributed by atoms with Gasteiger partial charge in [0.1, 0.15) is 0 Å². The van der Waals surface area contributed by atoms with E-state index in [0.29, 0.717) is 0 Å². The van der Waals surface area contributed by atoms with Crippen molar-refractivity contribution < 1.29 is 176 Å². The van der Waals surface area contributed by atoms with Crippen molar-refractivity contribution in [3.05, 3.63) is 0 Å². The molecule has 14 heavy (non-hydrogen) atoms. The van der Waals surface area contributed by atoms with Crippen LogP contribution in [-0.4, -0.2) is 0 Å². The molecule has 0 saturated carbocycles. The first kappa shape index (κ1) is 31.1. The second kappa shape index (κ2) is 26.1. The van der Waals surface area contributed by atoms with Crippen molar-refractivity contribution in [2.75, 3.05) is 0 Å². The Morgan fingerprint density at radius 3 is 0.500 bits per heavy atom. The van der Waals surface area contributed by atoms with Gasteiger partial charge in [0.25, 0.3) is 0 Å². The van der Waals surface area contributed by atoms with E-state index >= 15 is 0 Å². The van der Waals surface area contributed by atoms with Crippen molar-refractivity contribution in [2.45, 2.75) is 0 Å². The predicted molar refractivity (Wildman–Crippen MR) is 2.06 cm³/mol. The Kier molecular flexibility index (Phi) is 58.0. The molecule has 0 aliphatic rings. The summed E-state index contributed by atoms with van der Waals surface area (Å²) in [6, 6.07) is 0. The van der Waals surface area contributed by atoms with E-state index in [1.807, 2.05) is 0 Å². The molecule has 0 fully saturated rings. The van der Waals surface area contributed by atoms with Crippen LogP contribution in [0.1, 0.15) is 0 Å². The van der Waals surface area contributed by atoms with Gasteiger partial charge < -0.3 is 0 Å². The van der Waals surface area contributed by atoms with E-state index in [1.54, 1.807) is 0 Å². The Bertz CT molecular complexity index is 116. The molecule has 0 atom stereocenters. The summed E-state index contributed by atoms with van der Waals surface area (Å²) < 4.78 is 77.5. The van der Waals surface area contributed by atoms with Crippen LogP contribution >= 0.6 is 0 Å². The fourth-order valence-electron chi connectivity index (χ4n) is 0. The fourth-order valence-corrected chi connectivity index (χ4v) is 0. The van der Waals surface area contributed by atoms with Crippen molar-refractivity contribution in [1.29, 1.82) is 0 Å². The SMILES string of the molecule is [O]=[Zr]([O-])[O-].[O]=[Zr]([O-])[O-].[O]=[Zr]([O-])[O-].[Pm].[Pm]. The van der Waals surface area contributed by atoms with Crippen molar-refractivity contribution in [3.63, 3.8) is 0 Å². The summed E-state index contributed by atoms with van der Waals surface area (Å²) in [5, 5.41) is 0. The largest absolute Gasteiger partial charge is 0 e. The third kappa shape index (κ3) is 197. The average molecular weight is 708 g/mol. The molecule has 0 heterocycles. The van der Waals surface area contributed by atoms with Gasteiger partial charge in [-0.3, -0.25) is 0 Å². The minimum Gasteiger partial charge on any atom is 0 e. The monoisotopic (exact) mass is 703 g/mol. The van der Waals surface area contributed by atoms with Gasteiger partial charge in [0.15, 0.2) is 0 Å². The Morgan fingerprint density at radius 2 is 0.500 bits per heavy atom. The van der Waals surface area contributed by atoms with Gasteiger partial charge in [-0.1, -0.05) is 0 Å². The van der Waals surface area contributed by atoms with Crippen LogP contribution in [0.15, 0.2) is 0 Å². The summed E-state index contributed by atoms with van der Waals surface area (Å²) in [5.74, 6) is 0. The zero-order chi connectivity index (χ0) is 10.7. The van der Waals surface area contributed by atoms with E-state index < -0.39 is 67.9 Å². The van der Waals surface area contributed by atoms with Gasteiger partial charge in [0, 0.05) is 80.8 Å². The van der Waals surface area contributed by atoms with E-state index in [-0.39, 0.29) is 80.8 Å². The molecule has 0 aliphatic carbocycles. The van der Waals surface area contributed by atoms with Crippen molar-refractivity contribution in [2.24, 2.45) is 0 Å². The summed E-state index contributed by atoms with van der Waals surface area (Å²) in [6.07, 6.45) is 0. The van der Waals surface area contributed by atoms with Gasteiger partial charge in [0.2, 0.25) is 0 Å². The summed E-state index contributed by atoms with van der Waals surface area (Å²) in [5.41, 5.74) is 0. The molecule has 0 aliphatic heterocycles. The third-order valence-corrected chi connectivity index (χ3v) is 0. The molecule has 9 nitrogen and oxygen atoms in total. The number of rotatable bonds is 0. The summed E-state index contributed by atoms with van der Waals surface area (Å²) in [4.78, 5) is 0. The standard InChI is InChI=1S/9O.2Pm.3Zr/q;;;6*-1;;;;;. The maximum atomic E-state index is 8.61. The first-order valence-corrected chi connectivity index (χ1v) is 10.9. The predicted octanol–water partition coefficient (Wildman–Crippen LogP) is -7.50. The molecule has 0 bridgehead atoms. The van der Waals surface area contributed by atoms with Gasteiger partial charge in [-0.25, -0.2) is 0 Å². The Labute approximate surface area is 171 Å². The Morgan fingerprint density at radius 1 is 0.500 bits per heavy atom.